The van der Waals surface area contributed by atoms with Gasteiger partial charge in [0.05, 0.1) is 24.9 Å². The second-order valence-electron chi connectivity index (χ2n) is 5.84. The predicted octanol–water partition coefficient (Wildman–Crippen LogP) is -0.598. The van der Waals surface area contributed by atoms with Gasteiger partial charge >= 0.3 is 5.69 Å². The average Bonchev–Trinajstić information content (AvgIpc) is 3.30. The first-order chi connectivity index (χ1) is 12.5. The van der Waals surface area contributed by atoms with Gasteiger partial charge in [0.25, 0.3) is 6.47 Å². The van der Waals surface area contributed by atoms with E-state index < -0.39 is 0 Å². The number of H-pyrrole nitrogens is 2. The van der Waals surface area contributed by atoms with E-state index in [9.17, 15) is 9.59 Å². The number of rotatable bonds is 6. The van der Waals surface area contributed by atoms with Gasteiger partial charge in [0.2, 0.25) is 5.91 Å². The van der Waals surface area contributed by atoms with E-state index in [1.165, 1.54) is 0 Å². The van der Waals surface area contributed by atoms with Gasteiger partial charge in [-0.05, 0) is 6.92 Å². The van der Waals surface area contributed by atoms with Crippen LogP contribution in [-0.4, -0.2) is 57.1 Å². The molecule has 0 bridgehead atoms. The number of amides is 1. The summed E-state index contributed by atoms with van der Waals surface area (Å²) in [6.45, 7) is 2.69. The second kappa shape index (κ2) is 9.51. The first-order valence-electron chi connectivity index (χ1n) is 8.02. The van der Waals surface area contributed by atoms with Crippen molar-refractivity contribution in [2.75, 3.05) is 13.2 Å². The molecule has 1 fully saturated rings. The average molecular weight is 367 g/mol. The molecule has 3 heterocycles. The Labute approximate surface area is 148 Å². The van der Waals surface area contributed by atoms with E-state index in [-0.39, 0.29) is 36.4 Å². The molecule has 1 saturated heterocycles. The van der Waals surface area contributed by atoms with Crippen LogP contribution in [0.2, 0.25) is 0 Å². The van der Waals surface area contributed by atoms with Crippen molar-refractivity contribution in [1.29, 1.82) is 0 Å². The number of aromatic amines is 2. The van der Waals surface area contributed by atoms with E-state index in [1.54, 1.807) is 0 Å². The van der Waals surface area contributed by atoms with Crippen LogP contribution in [0.5, 0.6) is 0 Å². The minimum Gasteiger partial charge on any atom is -0.483 e. The third-order valence-corrected chi connectivity index (χ3v) is 3.82. The maximum Gasteiger partial charge on any atom is 0.340 e. The molecule has 0 aliphatic carbocycles. The molecule has 0 radical (unpaired) electrons. The molecule has 11 nitrogen and oxygen atoms in total. The number of nitrogens with one attached hydrogen (secondary N) is 3. The number of ether oxygens (including phenoxy) is 1. The molecule has 0 unspecified atom stereocenters. The van der Waals surface area contributed by atoms with Crippen molar-refractivity contribution in [3.05, 3.63) is 33.8 Å². The lowest BCUT2D eigenvalue weighted by molar-refractivity contribution is -0.123. The smallest absolute Gasteiger partial charge is 0.340 e. The minimum atomic E-state index is -0.369. The standard InChI is InChI=1S/C14H19N5O4.CH2O2/c1-8-4-10(23-19-8)5-9-6-22-7-11(9)15-13(20)3-2-12-16-14(21)18-17-12;2-1-3/h4,9,11H,2-3,5-7H2,1H3,(H,15,20)(H2,16,17,18,21);1H,(H,2,3)/t9-,11+;/m1./s1. The lowest BCUT2D eigenvalue weighted by Crippen LogP contribution is -2.40. The van der Waals surface area contributed by atoms with E-state index >= 15 is 0 Å². The van der Waals surface area contributed by atoms with Gasteiger partial charge in [-0.3, -0.25) is 14.6 Å². The first-order valence-corrected chi connectivity index (χ1v) is 8.02. The Balaban J connectivity index is 0.000000758. The van der Waals surface area contributed by atoms with Gasteiger partial charge in [-0.1, -0.05) is 5.16 Å². The van der Waals surface area contributed by atoms with Gasteiger partial charge in [0.1, 0.15) is 11.6 Å². The van der Waals surface area contributed by atoms with E-state index in [0.29, 0.717) is 31.9 Å². The van der Waals surface area contributed by atoms with Crippen molar-refractivity contribution in [3.63, 3.8) is 0 Å². The first kappa shape index (κ1) is 19.4. The van der Waals surface area contributed by atoms with Crippen molar-refractivity contribution in [2.24, 2.45) is 5.92 Å². The topological polar surface area (TPSA) is 163 Å². The highest BCUT2D eigenvalue weighted by Crippen LogP contribution is 2.20. The van der Waals surface area contributed by atoms with Crippen LogP contribution in [0, 0.1) is 12.8 Å². The van der Waals surface area contributed by atoms with Gasteiger partial charge < -0.3 is 19.7 Å². The number of hydrogen-bond donors (Lipinski definition) is 4. The SMILES string of the molecule is Cc1cc(C[C@@H]2COC[C@@H]2NC(=O)CCc2n[nH]c(=O)[nH]2)on1.O=CO. The highest BCUT2D eigenvalue weighted by molar-refractivity contribution is 5.76. The molecule has 26 heavy (non-hydrogen) atoms. The van der Waals surface area contributed by atoms with Crippen LogP contribution in [0.1, 0.15) is 23.7 Å². The number of carbonyl (C=O) groups excluding carboxylic acids is 1. The van der Waals surface area contributed by atoms with Crippen LogP contribution < -0.4 is 11.0 Å². The Morgan fingerprint density at radius 3 is 2.88 bits per heavy atom. The summed E-state index contributed by atoms with van der Waals surface area (Å²) < 4.78 is 10.7. The zero-order valence-electron chi connectivity index (χ0n) is 14.2. The Morgan fingerprint density at radius 1 is 1.50 bits per heavy atom. The van der Waals surface area contributed by atoms with Crippen molar-refractivity contribution >= 4 is 12.4 Å². The summed E-state index contributed by atoms with van der Waals surface area (Å²) in [5.74, 6) is 1.34. The van der Waals surface area contributed by atoms with Gasteiger partial charge in [0.15, 0.2) is 0 Å². The molecule has 142 valence electrons. The largest absolute Gasteiger partial charge is 0.483 e. The summed E-state index contributed by atoms with van der Waals surface area (Å²) >= 11 is 0. The van der Waals surface area contributed by atoms with Gasteiger partial charge in [0, 0.05) is 31.2 Å². The van der Waals surface area contributed by atoms with Crippen LogP contribution in [0.15, 0.2) is 15.4 Å². The van der Waals surface area contributed by atoms with Crippen LogP contribution in [0.25, 0.3) is 0 Å². The highest BCUT2D eigenvalue weighted by atomic mass is 16.5. The Hall–Kier alpha value is -2.95. The number of nitrogens with zero attached hydrogens (tertiary/aromatic N) is 2. The van der Waals surface area contributed by atoms with Crippen molar-refractivity contribution in [3.8, 4) is 0 Å². The normalized spacial score (nSPS) is 18.8. The van der Waals surface area contributed by atoms with E-state index in [4.69, 9.17) is 19.2 Å². The molecular weight excluding hydrogens is 346 g/mol. The van der Waals surface area contributed by atoms with Gasteiger partial charge in [-0.25, -0.2) is 9.89 Å². The summed E-state index contributed by atoms with van der Waals surface area (Å²) in [7, 11) is 0. The highest BCUT2D eigenvalue weighted by Gasteiger charge is 2.30. The van der Waals surface area contributed by atoms with E-state index in [0.717, 1.165) is 11.5 Å². The summed E-state index contributed by atoms with van der Waals surface area (Å²) in [4.78, 5) is 33.9. The zero-order valence-corrected chi connectivity index (χ0v) is 14.2. The van der Waals surface area contributed by atoms with Gasteiger partial charge in [-0.15, -0.1) is 0 Å². The zero-order chi connectivity index (χ0) is 18.9. The maximum atomic E-state index is 12.0. The summed E-state index contributed by atoms with van der Waals surface area (Å²) in [6, 6.07) is 1.84. The lowest BCUT2D eigenvalue weighted by atomic mass is 9.98. The summed E-state index contributed by atoms with van der Waals surface area (Å²) in [5, 5.41) is 19.8. The molecule has 4 N–H and O–H groups in total. The molecule has 2 aromatic rings. The maximum absolute atomic E-state index is 12.0. The van der Waals surface area contributed by atoms with Crippen molar-refractivity contribution in [1.82, 2.24) is 25.7 Å². The Kier molecular flexibility index (Phi) is 7.09. The Morgan fingerprint density at radius 2 is 2.27 bits per heavy atom. The summed E-state index contributed by atoms with van der Waals surface area (Å²) in [5.41, 5.74) is 0.472. The number of carbonyl (C=O) groups is 2. The van der Waals surface area contributed by atoms with Crippen LogP contribution >= 0.6 is 0 Å². The quantitative estimate of drug-likeness (QED) is 0.492. The van der Waals surface area contributed by atoms with Crippen molar-refractivity contribution in [2.45, 2.75) is 32.2 Å². The fourth-order valence-corrected chi connectivity index (χ4v) is 2.66. The van der Waals surface area contributed by atoms with Crippen LogP contribution in [0.4, 0.5) is 0 Å². The monoisotopic (exact) mass is 367 g/mol. The van der Waals surface area contributed by atoms with E-state index in [1.807, 2.05) is 13.0 Å². The molecule has 2 atom stereocenters. The fraction of sp³-hybridized carbons (Fsp3) is 0.533. The molecule has 1 aliphatic heterocycles. The van der Waals surface area contributed by atoms with E-state index in [2.05, 4.69) is 25.7 Å². The number of hydrogen-bond acceptors (Lipinski definition) is 7. The summed E-state index contributed by atoms with van der Waals surface area (Å²) in [6.07, 6.45) is 1.31. The second-order valence-corrected chi connectivity index (χ2v) is 5.84. The van der Waals surface area contributed by atoms with Gasteiger partial charge in [-0.2, -0.15) is 5.10 Å². The Bertz CT molecular complexity index is 766. The molecule has 0 aromatic carbocycles. The molecular formula is C15H21N5O6. The number of carboxylic acid groups (broad SMARTS) is 1. The molecule has 0 spiro atoms. The van der Waals surface area contributed by atoms with Crippen molar-refractivity contribution < 1.29 is 24.0 Å². The fourth-order valence-electron chi connectivity index (χ4n) is 2.66. The third-order valence-electron chi connectivity index (χ3n) is 3.82. The molecule has 1 amide bonds. The molecule has 11 heteroatoms. The third kappa shape index (κ3) is 5.84. The van der Waals surface area contributed by atoms with Crippen LogP contribution in [0.3, 0.4) is 0 Å². The number of aromatic nitrogens is 4. The molecule has 0 saturated carbocycles. The number of aryl methyl sites for hydroxylation is 2. The predicted molar refractivity (Wildman–Crippen MR) is 87.4 cm³/mol. The van der Waals surface area contributed by atoms with Crippen LogP contribution in [-0.2, 0) is 27.2 Å². The lowest BCUT2D eigenvalue weighted by Gasteiger charge is -2.17. The minimum absolute atomic E-state index is 0.0499. The molecule has 2 aromatic heterocycles. The molecule has 3 rings (SSSR count). The molecule has 1 aliphatic rings.